The van der Waals surface area contributed by atoms with E-state index in [2.05, 4.69) is 10.9 Å². The van der Waals surface area contributed by atoms with E-state index in [-0.39, 0.29) is 0 Å². The van der Waals surface area contributed by atoms with Gasteiger partial charge in [0.25, 0.3) is 11.8 Å². The van der Waals surface area contributed by atoms with Crippen LogP contribution in [0.5, 0.6) is 17.2 Å². The molecule has 0 heterocycles. The third-order valence-corrected chi connectivity index (χ3v) is 3.63. The van der Waals surface area contributed by atoms with E-state index in [1.165, 1.54) is 20.3 Å². The van der Waals surface area contributed by atoms with E-state index in [0.717, 1.165) is 0 Å². The quantitative estimate of drug-likeness (QED) is 0.742. The maximum absolute atomic E-state index is 12.2. The molecule has 0 fully saturated rings. The molecule has 0 bridgehead atoms. The Bertz CT molecular complexity index is 749. The second-order valence-electron chi connectivity index (χ2n) is 5.34. The lowest BCUT2D eigenvalue weighted by Gasteiger charge is -2.17. The third kappa shape index (κ3) is 4.89. The lowest BCUT2D eigenvalue weighted by atomic mass is 10.2. The summed E-state index contributed by atoms with van der Waals surface area (Å²) in [5.74, 6) is 0.598. The van der Waals surface area contributed by atoms with E-state index in [9.17, 15) is 9.59 Å². The molecular formula is C19H22N2O5. The van der Waals surface area contributed by atoms with Gasteiger partial charge < -0.3 is 14.2 Å². The van der Waals surface area contributed by atoms with Crippen LogP contribution in [-0.4, -0.2) is 32.1 Å². The molecule has 0 aliphatic rings. The number of benzene rings is 2. The molecule has 0 radical (unpaired) electrons. The predicted molar refractivity (Wildman–Crippen MR) is 96.3 cm³/mol. The summed E-state index contributed by atoms with van der Waals surface area (Å²) in [6.45, 7) is 1.82. The molecule has 2 aromatic carbocycles. The fraction of sp³-hybridized carbons (Fsp3) is 0.263. The molecule has 2 aromatic rings. The van der Waals surface area contributed by atoms with E-state index in [0.29, 0.717) is 29.2 Å². The van der Waals surface area contributed by atoms with Crippen LogP contribution in [0.15, 0.2) is 48.5 Å². The minimum Gasteiger partial charge on any atom is -0.493 e. The summed E-state index contributed by atoms with van der Waals surface area (Å²) in [4.78, 5) is 24.5. The molecule has 1 unspecified atom stereocenters. The fourth-order valence-corrected chi connectivity index (χ4v) is 2.23. The number of hydrogen-bond donors (Lipinski definition) is 2. The molecule has 138 valence electrons. The summed E-state index contributed by atoms with van der Waals surface area (Å²) >= 11 is 0. The summed E-state index contributed by atoms with van der Waals surface area (Å²) in [7, 11) is 2.99. The van der Waals surface area contributed by atoms with Crippen molar-refractivity contribution in [2.45, 2.75) is 19.4 Å². The summed E-state index contributed by atoms with van der Waals surface area (Å²) in [5.41, 5.74) is 5.08. The van der Waals surface area contributed by atoms with Gasteiger partial charge >= 0.3 is 0 Å². The molecule has 2 amide bonds. The largest absolute Gasteiger partial charge is 0.493 e. The molecule has 0 aliphatic carbocycles. The van der Waals surface area contributed by atoms with Crippen molar-refractivity contribution in [1.29, 1.82) is 0 Å². The van der Waals surface area contributed by atoms with E-state index in [4.69, 9.17) is 14.2 Å². The summed E-state index contributed by atoms with van der Waals surface area (Å²) in [6, 6.07) is 13.7. The highest BCUT2D eigenvalue weighted by atomic mass is 16.5. The SMILES string of the molecule is CCC(Oc1ccccc1)C(=O)NNC(=O)c1ccc(OC)c(OC)c1. The zero-order valence-corrected chi connectivity index (χ0v) is 14.9. The highest BCUT2D eigenvalue weighted by molar-refractivity contribution is 5.96. The Kier molecular flexibility index (Phi) is 6.84. The first-order valence-electron chi connectivity index (χ1n) is 8.13. The van der Waals surface area contributed by atoms with E-state index in [1.807, 2.05) is 25.1 Å². The lowest BCUT2D eigenvalue weighted by Crippen LogP contribution is -2.47. The van der Waals surface area contributed by atoms with E-state index in [1.54, 1.807) is 24.3 Å². The first-order valence-corrected chi connectivity index (χ1v) is 8.13. The molecule has 0 saturated carbocycles. The molecule has 0 saturated heterocycles. The first kappa shape index (κ1) is 19.1. The van der Waals surface area contributed by atoms with Gasteiger partial charge in [0, 0.05) is 5.56 Å². The average Bonchev–Trinajstić information content (AvgIpc) is 2.70. The van der Waals surface area contributed by atoms with Crippen molar-refractivity contribution in [3.05, 3.63) is 54.1 Å². The number of carbonyl (C=O) groups is 2. The number of carbonyl (C=O) groups excluding carboxylic acids is 2. The van der Waals surface area contributed by atoms with Crippen molar-refractivity contribution in [2.75, 3.05) is 14.2 Å². The van der Waals surface area contributed by atoms with Gasteiger partial charge in [0.1, 0.15) is 5.75 Å². The monoisotopic (exact) mass is 358 g/mol. The Morgan fingerprint density at radius 1 is 0.962 bits per heavy atom. The Balaban J connectivity index is 1.96. The van der Waals surface area contributed by atoms with Crippen LogP contribution in [0.25, 0.3) is 0 Å². The van der Waals surface area contributed by atoms with Crippen molar-refractivity contribution in [2.24, 2.45) is 0 Å². The van der Waals surface area contributed by atoms with Gasteiger partial charge in [-0.05, 0) is 36.8 Å². The van der Waals surface area contributed by atoms with Crippen LogP contribution in [-0.2, 0) is 4.79 Å². The Labute approximate surface area is 152 Å². The first-order chi connectivity index (χ1) is 12.6. The van der Waals surface area contributed by atoms with Crippen LogP contribution in [0.4, 0.5) is 0 Å². The number of hydrazine groups is 1. The molecule has 0 aromatic heterocycles. The van der Waals surface area contributed by atoms with Crippen LogP contribution < -0.4 is 25.1 Å². The summed E-state index contributed by atoms with van der Waals surface area (Å²) in [5, 5.41) is 0. The number of para-hydroxylation sites is 1. The summed E-state index contributed by atoms with van der Waals surface area (Å²) < 4.78 is 15.9. The minimum atomic E-state index is -0.719. The third-order valence-electron chi connectivity index (χ3n) is 3.63. The maximum Gasteiger partial charge on any atom is 0.279 e. The number of ether oxygens (including phenoxy) is 3. The van der Waals surface area contributed by atoms with Crippen LogP contribution in [0.3, 0.4) is 0 Å². The Morgan fingerprint density at radius 3 is 2.27 bits per heavy atom. The molecular weight excluding hydrogens is 336 g/mol. The molecule has 26 heavy (non-hydrogen) atoms. The van der Waals surface area contributed by atoms with Crippen molar-refractivity contribution in [3.8, 4) is 17.2 Å². The number of amides is 2. The van der Waals surface area contributed by atoms with Crippen molar-refractivity contribution >= 4 is 11.8 Å². The Morgan fingerprint density at radius 2 is 1.65 bits per heavy atom. The zero-order chi connectivity index (χ0) is 18.9. The number of rotatable bonds is 7. The molecule has 7 heteroatoms. The Hall–Kier alpha value is -3.22. The molecule has 0 aliphatic heterocycles. The zero-order valence-electron chi connectivity index (χ0n) is 14.9. The fourth-order valence-electron chi connectivity index (χ4n) is 2.23. The number of methoxy groups -OCH3 is 2. The smallest absolute Gasteiger partial charge is 0.279 e. The van der Waals surface area contributed by atoms with Crippen molar-refractivity contribution < 1.29 is 23.8 Å². The van der Waals surface area contributed by atoms with Gasteiger partial charge in [0.15, 0.2) is 17.6 Å². The minimum absolute atomic E-state index is 0.319. The molecule has 7 nitrogen and oxygen atoms in total. The van der Waals surface area contributed by atoms with Crippen molar-refractivity contribution in [1.82, 2.24) is 10.9 Å². The molecule has 1 atom stereocenters. The van der Waals surface area contributed by atoms with Gasteiger partial charge in [0.2, 0.25) is 0 Å². The van der Waals surface area contributed by atoms with Crippen LogP contribution >= 0.6 is 0 Å². The lowest BCUT2D eigenvalue weighted by molar-refractivity contribution is -0.128. The van der Waals surface area contributed by atoms with Gasteiger partial charge in [-0.1, -0.05) is 25.1 Å². The second-order valence-corrected chi connectivity index (χ2v) is 5.34. The highest BCUT2D eigenvalue weighted by Gasteiger charge is 2.19. The van der Waals surface area contributed by atoms with Crippen LogP contribution in [0.1, 0.15) is 23.7 Å². The highest BCUT2D eigenvalue weighted by Crippen LogP contribution is 2.27. The van der Waals surface area contributed by atoms with Gasteiger partial charge in [-0.2, -0.15) is 0 Å². The van der Waals surface area contributed by atoms with Gasteiger partial charge in [-0.3, -0.25) is 20.4 Å². The average molecular weight is 358 g/mol. The standard InChI is InChI=1S/C19H22N2O5/c1-4-15(26-14-8-6-5-7-9-14)19(23)21-20-18(22)13-10-11-16(24-2)17(12-13)25-3/h5-12,15H,4H2,1-3H3,(H,20,22)(H,21,23). The van der Waals surface area contributed by atoms with Gasteiger partial charge in [-0.15, -0.1) is 0 Å². The number of nitrogens with one attached hydrogen (secondary N) is 2. The van der Waals surface area contributed by atoms with E-state index < -0.39 is 17.9 Å². The number of hydrogen-bond acceptors (Lipinski definition) is 5. The topological polar surface area (TPSA) is 85.9 Å². The predicted octanol–water partition coefficient (Wildman–Crippen LogP) is 2.32. The maximum atomic E-state index is 12.2. The molecule has 2 rings (SSSR count). The second kappa shape index (κ2) is 9.31. The molecule has 2 N–H and O–H groups in total. The van der Waals surface area contributed by atoms with Crippen LogP contribution in [0.2, 0.25) is 0 Å². The van der Waals surface area contributed by atoms with E-state index >= 15 is 0 Å². The van der Waals surface area contributed by atoms with Gasteiger partial charge in [-0.25, -0.2) is 0 Å². The van der Waals surface area contributed by atoms with Crippen LogP contribution in [0, 0.1) is 0 Å². The van der Waals surface area contributed by atoms with Gasteiger partial charge in [0.05, 0.1) is 14.2 Å². The summed E-state index contributed by atoms with van der Waals surface area (Å²) in [6.07, 6.45) is -0.268. The molecule has 0 spiro atoms. The normalized spacial score (nSPS) is 11.2. The van der Waals surface area contributed by atoms with Crippen molar-refractivity contribution in [3.63, 3.8) is 0 Å².